The first-order valence-electron chi connectivity index (χ1n) is 2.98. The largest absolute Gasteiger partial charge is 0.224 e. The van der Waals surface area contributed by atoms with Gasteiger partial charge in [0.15, 0.2) is 9.84 Å². The first-order chi connectivity index (χ1) is 4.48. The minimum Gasteiger partial charge on any atom is -0.224 e. The van der Waals surface area contributed by atoms with E-state index in [0.29, 0.717) is 4.91 Å². The number of hydrogen-bond acceptors (Lipinski definition) is 2. The number of sulfone groups is 1. The van der Waals surface area contributed by atoms with Crippen LogP contribution in [0, 0.1) is 0 Å². The van der Waals surface area contributed by atoms with Crippen LogP contribution in [0.5, 0.6) is 0 Å². The van der Waals surface area contributed by atoms with Crippen molar-refractivity contribution >= 4 is 9.84 Å². The molecule has 0 atom stereocenters. The summed E-state index contributed by atoms with van der Waals surface area (Å²) in [6, 6.07) is 0. The smallest absolute Gasteiger partial charge is 0.171 e. The molecule has 0 fully saturated rings. The highest BCUT2D eigenvalue weighted by Gasteiger charge is 2.01. The van der Waals surface area contributed by atoms with Crippen LogP contribution in [0.15, 0.2) is 23.1 Å². The van der Waals surface area contributed by atoms with Crippen molar-refractivity contribution in [2.45, 2.75) is 13.8 Å². The molecular weight excluding hydrogens is 148 g/mol. The highest BCUT2D eigenvalue weighted by atomic mass is 32.2. The summed E-state index contributed by atoms with van der Waals surface area (Å²) in [5.74, 6) is 0. The van der Waals surface area contributed by atoms with Crippen molar-refractivity contribution < 1.29 is 8.42 Å². The van der Waals surface area contributed by atoms with Crippen molar-refractivity contribution in [1.82, 2.24) is 0 Å². The van der Waals surface area contributed by atoms with E-state index in [1.807, 2.05) is 6.92 Å². The van der Waals surface area contributed by atoms with Crippen LogP contribution in [0.2, 0.25) is 0 Å². The summed E-state index contributed by atoms with van der Waals surface area (Å²) in [5.41, 5.74) is 0. The van der Waals surface area contributed by atoms with E-state index in [0.717, 1.165) is 0 Å². The van der Waals surface area contributed by atoms with E-state index in [2.05, 4.69) is 0 Å². The van der Waals surface area contributed by atoms with Crippen molar-refractivity contribution in [3.63, 3.8) is 0 Å². The molecule has 0 spiro atoms. The fraction of sp³-hybridized carbons (Fsp3) is 0.429. The zero-order chi connectivity index (χ0) is 8.20. The third-order valence-electron chi connectivity index (χ3n) is 1.11. The Morgan fingerprint density at radius 2 is 1.90 bits per heavy atom. The molecular formula is C7H12O2S. The first kappa shape index (κ1) is 9.43. The molecule has 2 nitrogen and oxygen atoms in total. The van der Waals surface area contributed by atoms with Gasteiger partial charge in [-0.1, -0.05) is 12.2 Å². The summed E-state index contributed by atoms with van der Waals surface area (Å²) < 4.78 is 21.5. The number of allylic oxidation sites excluding steroid dienone is 4. The Morgan fingerprint density at radius 3 is 2.20 bits per heavy atom. The van der Waals surface area contributed by atoms with Gasteiger partial charge >= 0.3 is 0 Å². The molecule has 0 N–H and O–H groups in total. The van der Waals surface area contributed by atoms with Gasteiger partial charge in [0.05, 0.1) is 0 Å². The molecule has 10 heavy (non-hydrogen) atoms. The Hall–Kier alpha value is -0.570. The van der Waals surface area contributed by atoms with Crippen molar-refractivity contribution in [2.75, 3.05) is 6.26 Å². The lowest BCUT2D eigenvalue weighted by Gasteiger charge is -1.92. The van der Waals surface area contributed by atoms with Gasteiger partial charge in [-0.25, -0.2) is 8.42 Å². The van der Waals surface area contributed by atoms with Gasteiger partial charge < -0.3 is 0 Å². The van der Waals surface area contributed by atoms with Crippen molar-refractivity contribution in [3.8, 4) is 0 Å². The Labute approximate surface area is 62.2 Å². The molecule has 0 bridgehead atoms. The van der Waals surface area contributed by atoms with Gasteiger partial charge in [-0.15, -0.1) is 0 Å². The Kier molecular flexibility index (Phi) is 3.36. The molecule has 0 radical (unpaired) electrons. The lowest BCUT2D eigenvalue weighted by Crippen LogP contribution is -1.95. The number of hydrogen-bond donors (Lipinski definition) is 0. The van der Waals surface area contributed by atoms with Crippen LogP contribution in [0.4, 0.5) is 0 Å². The maximum Gasteiger partial charge on any atom is 0.171 e. The van der Waals surface area contributed by atoms with Crippen LogP contribution in [0.1, 0.15) is 13.8 Å². The van der Waals surface area contributed by atoms with Gasteiger partial charge in [-0.2, -0.15) is 0 Å². The molecule has 0 unspecified atom stereocenters. The lowest BCUT2D eigenvalue weighted by atomic mass is 10.5. The molecule has 0 aliphatic rings. The minimum absolute atomic E-state index is 0.394. The zero-order valence-corrected chi connectivity index (χ0v) is 7.27. The number of rotatable bonds is 2. The topological polar surface area (TPSA) is 34.1 Å². The van der Waals surface area contributed by atoms with Crippen LogP contribution < -0.4 is 0 Å². The second kappa shape index (κ2) is 3.56. The van der Waals surface area contributed by atoms with Gasteiger partial charge in [0, 0.05) is 11.2 Å². The fourth-order valence-corrected chi connectivity index (χ4v) is 0.681. The average Bonchev–Trinajstić information content (AvgIpc) is 1.80. The summed E-state index contributed by atoms with van der Waals surface area (Å²) in [5, 5.41) is 0. The monoisotopic (exact) mass is 160 g/mol. The highest BCUT2D eigenvalue weighted by molar-refractivity contribution is 7.94. The first-order valence-corrected chi connectivity index (χ1v) is 4.87. The van der Waals surface area contributed by atoms with E-state index >= 15 is 0 Å². The Bertz CT molecular complexity index is 245. The second-order valence-corrected chi connectivity index (χ2v) is 4.26. The van der Waals surface area contributed by atoms with E-state index in [4.69, 9.17) is 0 Å². The highest BCUT2D eigenvalue weighted by Crippen LogP contribution is 2.01. The van der Waals surface area contributed by atoms with Gasteiger partial charge in [-0.3, -0.25) is 0 Å². The minimum atomic E-state index is -2.97. The van der Waals surface area contributed by atoms with Crippen molar-refractivity contribution in [3.05, 3.63) is 23.1 Å². The predicted octanol–water partition coefficient (Wildman–Crippen LogP) is 1.51. The molecule has 58 valence electrons. The van der Waals surface area contributed by atoms with Crippen LogP contribution in [-0.4, -0.2) is 14.7 Å². The molecule has 0 aliphatic carbocycles. The second-order valence-electron chi connectivity index (χ2n) is 2.08. The summed E-state index contributed by atoms with van der Waals surface area (Å²) >= 11 is 0. The van der Waals surface area contributed by atoms with Crippen molar-refractivity contribution in [2.24, 2.45) is 0 Å². The van der Waals surface area contributed by atoms with E-state index in [1.54, 1.807) is 25.2 Å². The molecule has 0 heterocycles. The molecule has 0 aliphatic heterocycles. The zero-order valence-electron chi connectivity index (χ0n) is 6.46. The summed E-state index contributed by atoms with van der Waals surface area (Å²) in [6.45, 7) is 3.42. The standard InChI is InChI=1S/C7H12O2S/c1-4-5-6-7(2)10(3,8)9/h4-6H,1-3H3/b5-4-,7-6+. The van der Waals surface area contributed by atoms with Crippen LogP contribution in [0.3, 0.4) is 0 Å². The molecule has 0 aromatic heterocycles. The van der Waals surface area contributed by atoms with Crippen LogP contribution in [0.25, 0.3) is 0 Å². The fourth-order valence-electron chi connectivity index (χ4n) is 0.355. The third kappa shape index (κ3) is 3.45. The maximum atomic E-state index is 10.7. The third-order valence-corrected chi connectivity index (χ3v) is 2.41. The molecule has 0 rings (SSSR count). The molecule has 0 aromatic rings. The van der Waals surface area contributed by atoms with E-state index < -0.39 is 9.84 Å². The van der Waals surface area contributed by atoms with Gasteiger partial charge in [-0.05, 0) is 19.9 Å². The molecule has 3 heteroatoms. The Balaban J connectivity index is 4.52. The Morgan fingerprint density at radius 1 is 1.40 bits per heavy atom. The van der Waals surface area contributed by atoms with Gasteiger partial charge in [0.2, 0.25) is 0 Å². The lowest BCUT2D eigenvalue weighted by molar-refractivity contribution is 0.607. The normalized spacial score (nSPS) is 14.5. The molecule has 0 amide bonds. The molecule has 0 aromatic carbocycles. The molecule has 0 saturated carbocycles. The van der Waals surface area contributed by atoms with Crippen LogP contribution in [-0.2, 0) is 9.84 Å². The van der Waals surface area contributed by atoms with Gasteiger partial charge in [0.25, 0.3) is 0 Å². The maximum absolute atomic E-state index is 10.7. The summed E-state index contributed by atoms with van der Waals surface area (Å²) in [7, 11) is -2.97. The van der Waals surface area contributed by atoms with Crippen LogP contribution >= 0.6 is 0 Å². The predicted molar refractivity (Wildman–Crippen MR) is 43.4 cm³/mol. The van der Waals surface area contributed by atoms with Crippen molar-refractivity contribution in [1.29, 1.82) is 0 Å². The quantitative estimate of drug-likeness (QED) is 0.574. The summed E-state index contributed by atoms with van der Waals surface area (Å²) in [4.78, 5) is 0.394. The SMILES string of the molecule is C/C=C\C=C(/C)S(C)(=O)=O. The van der Waals surface area contributed by atoms with E-state index in [9.17, 15) is 8.42 Å². The van der Waals surface area contributed by atoms with E-state index in [-0.39, 0.29) is 0 Å². The van der Waals surface area contributed by atoms with E-state index in [1.165, 1.54) is 6.26 Å². The average molecular weight is 160 g/mol. The summed E-state index contributed by atoms with van der Waals surface area (Å²) in [6.07, 6.45) is 6.27. The van der Waals surface area contributed by atoms with Gasteiger partial charge in [0.1, 0.15) is 0 Å². The molecule has 0 saturated heterocycles.